The van der Waals surface area contributed by atoms with Crippen LogP contribution < -0.4 is 9.62 Å². The second-order valence-corrected chi connectivity index (χ2v) is 12.4. The van der Waals surface area contributed by atoms with Gasteiger partial charge >= 0.3 is 0 Å². The van der Waals surface area contributed by atoms with Crippen LogP contribution in [-0.2, 0) is 26.2 Å². The van der Waals surface area contributed by atoms with E-state index in [0.717, 1.165) is 26.6 Å². The minimum Gasteiger partial charge on any atom is -0.352 e. The normalized spacial score (nSPS) is 12.2. The Balaban J connectivity index is 2.06. The van der Waals surface area contributed by atoms with E-state index in [9.17, 15) is 18.0 Å². The summed E-state index contributed by atoms with van der Waals surface area (Å²) in [4.78, 5) is 28.4. The molecule has 0 spiro atoms. The van der Waals surface area contributed by atoms with Crippen LogP contribution in [0.4, 0.5) is 5.69 Å². The molecule has 7 nitrogen and oxygen atoms in total. The zero-order chi connectivity index (χ0) is 28.9. The van der Waals surface area contributed by atoms with Crippen molar-refractivity contribution in [3.63, 3.8) is 0 Å². The number of hydrogen-bond donors (Lipinski definition) is 1. The number of amides is 2. The number of hydrogen-bond acceptors (Lipinski definition) is 4. The second-order valence-electron chi connectivity index (χ2n) is 10.1. The minimum atomic E-state index is -4.11. The largest absolute Gasteiger partial charge is 0.352 e. The summed E-state index contributed by atoms with van der Waals surface area (Å²) in [6.07, 6.45) is 0. The van der Waals surface area contributed by atoms with Crippen molar-refractivity contribution in [2.45, 2.75) is 65.1 Å². The average molecular weight is 570 g/mol. The molecule has 3 aromatic rings. The second kappa shape index (κ2) is 12.7. The van der Waals surface area contributed by atoms with Crippen LogP contribution in [0.1, 0.15) is 43.0 Å². The third-order valence-electron chi connectivity index (χ3n) is 6.51. The highest BCUT2D eigenvalue weighted by Crippen LogP contribution is 2.27. The molecule has 1 N–H and O–H groups in total. The maximum atomic E-state index is 13.9. The van der Waals surface area contributed by atoms with Crippen LogP contribution in [0, 0.1) is 20.8 Å². The van der Waals surface area contributed by atoms with Crippen LogP contribution in [-0.4, -0.2) is 43.8 Å². The number of carbonyl (C=O) groups excluding carboxylic acids is 2. The number of aryl methyl sites for hydroxylation is 3. The molecule has 0 bridgehead atoms. The van der Waals surface area contributed by atoms with Gasteiger partial charge in [0.2, 0.25) is 11.8 Å². The molecule has 0 aliphatic heterocycles. The van der Waals surface area contributed by atoms with Gasteiger partial charge in [-0.05, 0) is 94.6 Å². The first-order valence-electron chi connectivity index (χ1n) is 12.8. The molecular weight excluding hydrogens is 534 g/mol. The van der Waals surface area contributed by atoms with E-state index in [-0.39, 0.29) is 23.4 Å². The standard InChI is InChI=1S/C30H36ClN3O4S/c1-20(2)32-30(36)24(6)33(18-25-8-7-9-26(31)17-25)29(35)19-34(27-13-12-22(4)23(5)16-27)39(37,38)28-14-10-21(3)11-15-28/h7-17,20,24H,18-19H2,1-6H3,(H,32,36). The molecule has 0 aliphatic rings. The summed E-state index contributed by atoms with van der Waals surface area (Å²) in [5.41, 5.74) is 3.90. The zero-order valence-electron chi connectivity index (χ0n) is 23.2. The summed E-state index contributed by atoms with van der Waals surface area (Å²) in [7, 11) is -4.11. The van der Waals surface area contributed by atoms with Gasteiger partial charge in [0, 0.05) is 17.6 Å². The fourth-order valence-electron chi connectivity index (χ4n) is 4.07. The summed E-state index contributed by atoms with van der Waals surface area (Å²) >= 11 is 6.18. The van der Waals surface area contributed by atoms with Crippen molar-refractivity contribution in [3.8, 4) is 0 Å². The molecule has 208 valence electrons. The number of nitrogens with one attached hydrogen (secondary N) is 1. The molecule has 9 heteroatoms. The van der Waals surface area contributed by atoms with Crippen molar-refractivity contribution in [1.29, 1.82) is 0 Å². The number of halogens is 1. The van der Waals surface area contributed by atoms with Gasteiger partial charge in [-0.25, -0.2) is 8.42 Å². The Labute approximate surface area is 236 Å². The minimum absolute atomic E-state index is 0.0751. The summed E-state index contributed by atoms with van der Waals surface area (Å²) in [5.74, 6) is -0.852. The van der Waals surface area contributed by atoms with Crippen molar-refractivity contribution in [3.05, 3.63) is 94.0 Å². The summed E-state index contributed by atoms with van der Waals surface area (Å²) < 4.78 is 28.9. The number of rotatable bonds is 10. The van der Waals surface area contributed by atoms with Gasteiger partial charge in [0.25, 0.3) is 10.0 Å². The molecule has 1 unspecified atom stereocenters. The van der Waals surface area contributed by atoms with E-state index in [2.05, 4.69) is 5.32 Å². The van der Waals surface area contributed by atoms with Crippen LogP contribution in [0.3, 0.4) is 0 Å². The first-order chi connectivity index (χ1) is 18.3. The lowest BCUT2D eigenvalue weighted by Gasteiger charge is -2.32. The Bertz CT molecular complexity index is 1440. The van der Waals surface area contributed by atoms with Gasteiger partial charge < -0.3 is 10.2 Å². The smallest absolute Gasteiger partial charge is 0.264 e. The summed E-state index contributed by atoms with van der Waals surface area (Å²) in [5, 5.41) is 3.34. The first-order valence-corrected chi connectivity index (χ1v) is 14.6. The lowest BCUT2D eigenvalue weighted by molar-refractivity contribution is -0.139. The molecule has 0 saturated carbocycles. The molecule has 0 radical (unpaired) electrons. The van der Waals surface area contributed by atoms with Crippen LogP contribution in [0.2, 0.25) is 5.02 Å². The highest BCUT2D eigenvalue weighted by atomic mass is 35.5. The van der Waals surface area contributed by atoms with E-state index in [1.807, 2.05) is 46.8 Å². The summed E-state index contributed by atoms with van der Waals surface area (Å²) in [6.45, 7) is 10.6. The number of nitrogens with zero attached hydrogens (tertiary/aromatic N) is 2. The lowest BCUT2D eigenvalue weighted by Crippen LogP contribution is -2.52. The molecule has 2 amide bonds. The van der Waals surface area contributed by atoms with E-state index in [4.69, 9.17) is 11.6 Å². The molecule has 0 aromatic heterocycles. The Kier molecular flexibility index (Phi) is 9.80. The van der Waals surface area contributed by atoms with Crippen LogP contribution >= 0.6 is 11.6 Å². The Morgan fingerprint density at radius 2 is 1.56 bits per heavy atom. The molecule has 0 saturated heterocycles. The number of benzene rings is 3. The number of anilines is 1. The van der Waals surface area contributed by atoms with Crippen molar-refractivity contribution < 1.29 is 18.0 Å². The van der Waals surface area contributed by atoms with E-state index in [1.165, 1.54) is 17.0 Å². The topological polar surface area (TPSA) is 86.8 Å². The lowest BCUT2D eigenvalue weighted by atomic mass is 10.1. The van der Waals surface area contributed by atoms with Gasteiger partial charge in [-0.1, -0.05) is 47.5 Å². The fourth-order valence-corrected chi connectivity index (χ4v) is 5.69. The van der Waals surface area contributed by atoms with E-state index in [1.54, 1.807) is 49.4 Å². The van der Waals surface area contributed by atoms with Crippen LogP contribution in [0.15, 0.2) is 71.6 Å². The molecule has 0 heterocycles. The maximum Gasteiger partial charge on any atom is 0.264 e. The van der Waals surface area contributed by atoms with Crippen molar-refractivity contribution in [1.82, 2.24) is 10.2 Å². The van der Waals surface area contributed by atoms with Crippen LogP contribution in [0.5, 0.6) is 0 Å². The van der Waals surface area contributed by atoms with Crippen molar-refractivity contribution in [2.75, 3.05) is 10.8 Å². The van der Waals surface area contributed by atoms with E-state index in [0.29, 0.717) is 10.7 Å². The third-order valence-corrected chi connectivity index (χ3v) is 8.53. The van der Waals surface area contributed by atoms with Crippen molar-refractivity contribution >= 4 is 39.1 Å². The molecule has 0 fully saturated rings. The fraction of sp³-hybridized carbons (Fsp3) is 0.333. The predicted octanol–water partition coefficient (Wildman–Crippen LogP) is 5.40. The Morgan fingerprint density at radius 3 is 2.15 bits per heavy atom. The Morgan fingerprint density at radius 1 is 0.897 bits per heavy atom. The highest BCUT2D eigenvalue weighted by molar-refractivity contribution is 7.92. The third kappa shape index (κ3) is 7.61. The van der Waals surface area contributed by atoms with Crippen LogP contribution in [0.25, 0.3) is 0 Å². The van der Waals surface area contributed by atoms with Gasteiger partial charge in [-0.2, -0.15) is 0 Å². The molecule has 3 aromatic carbocycles. The first kappa shape index (κ1) is 30.2. The van der Waals surface area contributed by atoms with E-state index < -0.39 is 28.5 Å². The maximum absolute atomic E-state index is 13.9. The zero-order valence-corrected chi connectivity index (χ0v) is 24.8. The molecule has 3 rings (SSSR count). The van der Waals surface area contributed by atoms with Gasteiger partial charge in [0.05, 0.1) is 10.6 Å². The number of sulfonamides is 1. The van der Waals surface area contributed by atoms with Gasteiger partial charge in [0.1, 0.15) is 12.6 Å². The SMILES string of the molecule is Cc1ccc(S(=O)(=O)N(CC(=O)N(Cc2cccc(Cl)c2)C(C)C(=O)NC(C)C)c2ccc(C)c(C)c2)cc1. The van der Waals surface area contributed by atoms with Gasteiger partial charge in [-0.3, -0.25) is 13.9 Å². The van der Waals surface area contributed by atoms with E-state index >= 15 is 0 Å². The Hall–Kier alpha value is -3.36. The average Bonchev–Trinajstić information content (AvgIpc) is 2.87. The molecular formula is C30H36ClN3O4S. The molecule has 1 atom stereocenters. The quantitative estimate of drug-likeness (QED) is 0.354. The number of carbonyl (C=O) groups is 2. The molecule has 39 heavy (non-hydrogen) atoms. The van der Waals surface area contributed by atoms with Gasteiger partial charge in [0.15, 0.2) is 0 Å². The highest BCUT2D eigenvalue weighted by Gasteiger charge is 2.32. The molecule has 0 aliphatic carbocycles. The van der Waals surface area contributed by atoms with Crippen molar-refractivity contribution in [2.24, 2.45) is 0 Å². The predicted molar refractivity (Wildman–Crippen MR) is 156 cm³/mol. The monoisotopic (exact) mass is 569 g/mol. The summed E-state index contributed by atoms with van der Waals surface area (Å²) in [6, 6.07) is 17.8. The van der Waals surface area contributed by atoms with Gasteiger partial charge in [-0.15, -0.1) is 0 Å².